The molecule has 23 heavy (non-hydrogen) atoms. The molecule has 0 fully saturated rings. The Hall–Kier alpha value is -2.94. The van der Waals surface area contributed by atoms with Gasteiger partial charge in [0.2, 0.25) is 11.8 Å². The molecule has 0 aliphatic heterocycles. The van der Waals surface area contributed by atoms with Crippen molar-refractivity contribution in [3.05, 3.63) is 42.1 Å². The molecule has 118 valence electrons. The first-order chi connectivity index (χ1) is 11.1. The van der Waals surface area contributed by atoms with Crippen LogP contribution in [0.25, 0.3) is 10.6 Å². The van der Waals surface area contributed by atoms with Crippen molar-refractivity contribution in [2.75, 3.05) is 5.32 Å². The smallest absolute Gasteiger partial charge is 0.239 e. The second-order valence-corrected chi connectivity index (χ2v) is 5.63. The maximum atomic E-state index is 12.0. The summed E-state index contributed by atoms with van der Waals surface area (Å²) in [5.74, 6) is -0.715. The Morgan fingerprint density at radius 2 is 2.30 bits per heavy atom. The predicted octanol–water partition coefficient (Wildman–Crippen LogP) is 1.27. The largest absolute Gasteiger partial charge is 0.472 e. The van der Waals surface area contributed by atoms with Crippen LogP contribution in [0.1, 0.15) is 5.69 Å². The molecule has 0 unspecified atom stereocenters. The predicted molar refractivity (Wildman–Crippen MR) is 83.6 cm³/mol. The highest BCUT2D eigenvalue weighted by Crippen LogP contribution is 2.24. The Balaban J connectivity index is 1.59. The number of rotatable bonds is 6. The molecule has 0 bridgehead atoms. The molecule has 0 atom stereocenters. The molecular formula is C14H13N5O3S. The van der Waals surface area contributed by atoms with Crippen molar-refractivity contribution < 1.29 is 14.0 Å². The van der Waals surface area contributed by atoms with Crippen LogP contribution >= 0.6 is 11.3 Å². The highest BCUT2D eigenvalue weighted by molar-refractivity contribution is 7.13. The van der Waals surface area contributed by atoms with E-state index < -0.39 is 5.91 Å². The van der Waals surface area contributed by atoms with Crippen molar-refractivity contribution >= 4 is 28.8 Å². The Morgan fingerprint density at radius 1 is 1.43 bits per heavy atom. The van der Waals surface area contributed by atoms with Crippen LogP contribution in [0.3, 0.4) is 0 Å². The van der Waals surface area contributed by atoms with Gasteiger partial charge in [0.25, 0.3) is 0 Å². The summed E-state index contributed by atoms with van der Waals surface area (Å²) >= 11 is 1.45. The molecule has 0 aliphatic rings. The summed E-state index contributed by atoms with van der Waals surface area (Å²) < 4.78 is 6.37. The van der Waals surface area contributed by atoms with Crippen LogP contribution in [-0.2, 0) is 22.6 Å². The number of nitrogens with zero attached hydrogens (tertiary/aromatic N) is 3. The van der Waals surface area contributed by atoms with Crippen molar-refractivity contribution in [1.29, 1.82) is 0 Å². The van der Waals surface area contributed by atoms with Crippen LogP contribution in [0.5, 0.6) is 0 Å². The number of anilines is 1. The number of carbonyl (C=O) groups excluding carboxylic acids is 2. The lowest BCUT2D eigenvalue weighted by Crippen LogP contribution is -2.19. The fourth-order valence-electron chi connectivity index (χ4n) is 1.95. The number of primary amides is 1. The second-order valence-electron chi connectivity index (χ2n) is 4.77. The molecule has 8 nitrogen and oxygen atoms in total. The minimum atomic E-state index is -0.500. The normalized spacial score (nSPS) is 10.6. The minimum absolute atomic E-state index is 0.0317. The van der Waals surface area contributed by atoms with Gasteiger partial charge in [0, 0.05) is 17.1 Å². The van der Waals surface area contributed by atoms with Crippen molar-refractivity contribution in [2.24, 2.45) is 5.73 Å². The molecule has 3 heterocycles. The summed E-state index contributed by atoms with van der Waals surface area (Å²) in [6, 6.07) is 1.82. The average Bonchev–Trinajstić information content (AvgIpc) is 3.19. The third kappa shape index (κ3) is 3.83. The zero-order chi connectivity index (χ0) is 16.2. The van der Waals surface area contributed by atoms with Gasteiger partial charge < -0.3 is 15.5 Å². The molecule has 0 saturated heterocycles. The summed E-state index contributed by atoms with van der Waals surface area (Å²) in [5.41, 5.74) is 7.14. The van der Waals surface area contributed by atoms with Crippen molar-refractivity contribution in [2.45, 2.75) is 13.0 Å². The first kappa shape index (κ1) is 15.0. The van der Waals surface area contributed by atoms with E-state index in [-0.39, 0.29) is 18.9 Å². The molecule has 3 rings (SSSR count). The molecule has 3 N–H and O–H groups in total. The third-order valence-electron chi connectivity index (χ3n) is 2.90. The van der Waals surface area contributed by atoms with E-state index in [1.165, 1.54) is 22.2 Å². The van der Waals surface area contributed by atoms with E-state index in [0.717, 1.165) is 10.6 Å². The SMILES string of the molecule is NC(=O)Cn1cc(NC(=O)Cc2csc(-c3ccoc3)n2)cn1. The van der Waals surface area contributed by atoms with Crippen LogP contribution in [0.15, 0.2) is 40.8 Å². The molecule has 9 heteroatoms. The summed E-state index contributed by atoms with van der Waals surface area (Å²) in [6.07, 6.45) is 6.33. The van der Waals surface area contributed by atoms with Gasteiger partial charge in [0.15, 0.2) is 0 Å². The second kappa shape index (κ2) is 6.44. The van der Waals surface area contributed by atoms with Gasteiger partial charge in [0.05, 0.1) is 30.3 Å². The average molecular weight is 331 g/mol. The molecule has 0 spiro atoms. The molecule has 0 aromatic carbocycles. The van der Waals surface area contributed by atoms with Gasteiger partial charge in [-0.1, -0.05) is 0 Å². The fourth-order valence-corrected chi connectivity index (χ4v) is 2.76. The zero-order valence-electron chi connectivity index (χ0n) is 11.9. The molecule has 3 aromatic rings. The van der Waals surface area contributed by atoms with Gasteiger partial charge in [-0.25, -0.2) is 4.98 Å². The zero-order valence-corrected chi connectivity index (χ0v) is 12.7. The maximum Gasteiger partial charge on any atom is 0.239 e. The number of thiazole rings is 1. The van der Waals surface area contributed by atoms with E-state index >= 15 is 0 Å². The van der Waals surface area contributed by atoms with Gasteiger partial charge in [-0.15, -0.1) is 11.3 Å². The van der Waals surface area contributed by atoms with Crippen LogP contribution in [0, 0.1) is 0 Å². The van der Waals surface area contributed by atoms with Crippen LogP contribution in [0.2, 0.25) is 0 Å². The number of nitrogens with one attached hydrogen (secondary N) is 1. The number of nitrogens with two attached hydrogens (primary N) is 1. The highest BCUT2D eigenvalue weighted by Gasteiger charge is 2.11. The molecule has 2 amide bonds. The van der Waals surface area contributed by atoms with Crippen LogP contribution < -0.4 is 11.1 Å². The Morgan fingerprint density at radius 3 is 3.04 bits per heavy atom. The summed E-state index contributed by atoms with van der Waals surface area (Å²) in [4.78, 5) is 27.2. The van der Waals surface area contributed by atoms with Gasteiger partial charge in [-0.05, 0) is 6.07 Å². The van der Waals surface area contributed by atoms with E-state index in [9.17, 15) is 9.59 Å². The molecule has 0 radical (unpaired) electrons. The number of hydrogen-bond acceptors (Lipinski definition) is 6. The van der Waals surface area contributed by atoms with Gasteiger partial charge in [-0.2, -0.15) is 5.10 Å². The lowest BCUT2D eigenvalue weighted by atomic mass is 10.3. The van der Waals surface area contributed by atoms with E-state index in [1.807, 2.05) is 11.4 Å². The maximum absolute atomic E-state index is 12.0. The van der Waals surface area contributed by atoms with Gasteiger partial charge in [0.1, 0.15) is 17.8 Å². The highest BCUT2D eigenvalue weighted by atomic mass is 32.1. The Kier molecular flexibility index (Phi) is 4.20. The first-order valence-electron chi connectivity index (χ1n) is 6.68. The molecular weight excluding hydrogens is 318 g/mol. The standard InChI is InChI=1S/C14H13N5O3S/c15-12(20)6-19-5-11(4-16-19)17-13(21)3-10-8-23-14(18-10)9-1-2-22-7-9/h1-2,4-5,7-8H,3,6H2,(H2,15,20)(H,17,21). The quantitative estimate of drug-likeness (QED) is 0.705. The first-order valence-corrected chi connectivity index (χ1v) is 7.56. The minimum Gasteiger partial charge on any atom is -0.472 e. The number of furan rings is 1. The molecule has 0 aliphatic carbocycles. The Bertz CT molecular complexity index is 821. The van der Waals surface area contributed by atoms with Crippen LogP contribution in [-0.4, -0.2) is 26.6 Å². The Labute approximate surface area is 134 Å². The van der Waals surface area contributed by atoms with Crippen molar-refractivity contribution in [3.8, 4) is 10.6 Å². The van der Waals surface area contributed by atoms with E-state index in [0.29, 0.717) is 11.4 Å². The van der Waals surface area contributed by atoms with Crippen molar-refractivity contribution in [3.63, 3.8) is 0 Å². The lowest BCUT2D eigenvalue weighted by Gasteiger charge is -2.00. The monoisotopic (exact) mass is 331 g/mol. The number of aromatic nitrogens is 3. The van der Waals surface area contributed by atoms with Crippen molar-refractivity contribution in [1.82, 2.24) is 14.8 Å². The number of carbonyl (C=O) groups is 2. The third-order valence-corrected chi connectivity index (χ3v) is 3.84. The number of amides is 2. The van der Waals surface area contributed by atoms with E-state index in [1.54, 1.807) is 18.7 Å². The summed E-state index contributed by atoms with van der Waals surface area (Å²) in [7, 11) is 0. The van der Waals surface area contributed by atoms with Gasteiger partial charge >= 0.3 is 0 Å². The van der Waals surface area contributed by atoms with Gasteiger partial charge in [-0.3, -0.25) is 14.3 Å². The topological polar surface area (TPSA) is 116 Å². The van der Waals surface area contributed by atoms with Crippen LogP contribution in [0.4, 0.5) is 5.69 Å². The van der Waals surface area contributed by atoms with E-state index in [2.05, 4.69) is 15.4 Å². The molecule has 3 aromatic heterocycles. The lowest BCUT2D eigenvalue weighted by molar-refractivity contribution is -0.118. The van der Waals surface area contributed by atoms with E-state index in [4.69, 9.17) is 10.2 Å². The summed E-state index contributed by atoms with van der Waals surface area (Å²) in [6.45, 7) is -0.0317. The number of hydrogen-bond donors (Lipinski definition) is 2. The summed E-state index contributed by atoms with van der Waals surface area (Å²) in [5, 5.41) is 9.26. The molecule has 0 saturated carbocycles. The fraction of sp³-hybridized carbons (Fsp3) is 0.143.